The number of aromatic nitrogens is 1. The maximum Gasteiger partial charge on any atom is 0.256 e. The molecule has 0 radical (unpaired) electrons. The van der Waals surface area contributed by atoms with Crippen LogP contribution in [-0.4, -0.2) is 47.6 Å². The Labute approximate surface area is 256 Å². The minimum absolute atomic E-state index is 0.0309. The number of fused-ring (bicyclic) bond motifs is 1. The fourth-order valence-corrected chi connectivity index (χ4v) is 8.89. The number of likely N-dealkylation sites (tertiary alicyclic amines) is 1. The van der Waals surface area contributed by atoms with Crippen molar-refractivity contribution >= 4 is 26.8 Å². The van der Waals surface area contributed by atoms with Crippen LogP contribution in [-0.2, 0) is 16.4 Å². The summed E-state index contributed by atoms with van der Waals surface area (Å²) in [4.78, 5) is 18.5. The average Bonchev–Trinajstić information content (AvgIpc) is 2.99. The van der Waals surface area contributed by atoms with Crippen molar-refractivity contribution in [3.63, 3.8) is 0 Å². The van der Waals surface area contributed by atoms with Gasteiger partial charge in [-0.25, -0.2) is 8.42 Å². The maximum absolute atomic E-state index is 13.4. The third-order valence-electron chi connectivity index (χ3n) is 9.50. The molecule has 2 aromatic carbocycles. The van der Waals surface area contributed by atoms with Gasteiger partial charge < -0.3 is 10.7 Å². The molecule has 5 N–H and O–H groups in total. The van der Waals surface area contributed by atoms with E-state index in [9.17, 15) is 13.2 Å². The van der Waals surface area contributed by atoms with Crippen molar-refractivity contribution in [2.75, 3.05) is 0 Å². The predicted molar refractivity (Wildman–Crippen MR) is 176 cm³/mol. The Kier molecular flexibility index (Phi) is 10.0. The van der Waals surface area contributed by atoms with Gasteiger partial charge in [0.15, 0.2) is 0 Å². The molecule has 1 aliphatic carbocycles. The summed E-state index contributed by atoms with van der Waals surface area (Å²) in [5.74, 6) is -0.0309. The molecule has 1 aliphatic heterocycles. The first-order chi connectivity index (χ1) is 20.6. The summed E-state index contributed by atoms with van der Waals surface area (Å²) < 4.78 is 30.1. The van der Waals surface area contributed by atoms with Gasteiger partial charge in [-0.15, -0.1) is 0 Å². The molecule has 1 unspecified atom stereocenters. The standard InChI is InChI=1S/C34H47N5O3S/c1-23-10-8-11-24(2)39(23)32(38-43(41,42)29-15-4-3-5-16-29)17-7-6-12-25-18-19-27-22-30(34(40)37-31(27)20-25)26-13-9-14-28(21-26)33(35)36/h9,13-14,18-24,29,32,38H,3-8,10-12,15-17H2,1-2H3,(H3,35,36)(H,37,40)/t23-,24+,32?. The Hall–Kier alpha value is -3.01. The number of nitrogen functional groups attached to an aromatic ring is 1. The number of sulfonamides is 1. The molecule has 2 fully saturated rings. The zero-order valence-corrected chi connectivity index (χ0v) is 26.4. The van der Waals surface area contributed by atoms with E-state index in [-0.39, 0.29) is 22.8 Å². The number of nitrogens with zero attached hydrogens (tertiary/aromatic N) is 1. The molecule has 8 nitrogen and oxygen atoms in total. The number of unbranched alkanes of at least 4 members (excludes halogenated alkanes) is 1. The smallest absolute Gasteiger partial charge is 0.256 e. The molecule has 2 heterocycles. The SMILES string of the molecule is C[C@@H]1CCC[C@H](C)N1C(CCCCc1ccc2cc(-c3cccc(C(=N)N)c3)c(=O)[nH]c2c1)NS(=O)(=O)C1CCCCC1. The van der Waals surface area contributed by atoms with Crippen molar-refractivity contribution < 1.29 is 8.42 Å². The Bertz CT molecular complexity index is 1590. The number of hydrogen-bond acceptors (Lipinski definition) is 5. The topological polar surface area (TPSA) is 132 Å². The molecule has 232 valence electrons. The van der Waals surface area contributed by atoms with Crippen molar-refractivity contribution in [3.05, 3.63) is 70.0 Å². The molecular formula is C34H47N5O3S. The third kappa shape index (κ3) is 7.56. The molecule has 43 heavy (non-hydrogen) atoms. The van der Waals surface area contributed by atoms with E-state index in [4.69, 9.17) is 11.1 Å². The van der Waals surface area contributed by atoms with Crippen LogP contribution in [0.5, 0.6) is 0 Å². The molecule has 2 aliphatic rings. The number of piperidine rings is 1. The molecule has 1 saturated heterocycles. The quantitative estimate of drug-likeness (QED) is 0.120. The van der Waals surface area contributed by atoms with Crippen LogP contribution in [0.3, 0.4) is 0 Å². The second-order valence-corrected chi connectivity index (χ2v) is 14.7. The van der Waals surface area contributed by atoms with Crippen molar-refractivity contribution in [1.82, 2.24) is 14.6 Å². The largest absolute Gasteiger partial charge is 0.384 e. The highest BCUT2D eigenvalue weighted by molar-refractivity contribution is 7.90. The van der Waals surface area contributed by atoms with Gasteiger partial charge in [-0.3, -0.25) is 15.1 Å². The molecule has 9 heteroatoms. The molecule has 1 aromatic heterocycles. The number of nitrogens with one attached hydrogen (secondary N) is 3. The van der Waals surface area contributed by atoms with Gasteiger partial charge in [0.2, 0.25) is 10.0 Å². The van der Waals surface area contributed by atoms with Crippen molar-refractivity contribution in [2.24, 2.45) is 5.73 Å². The van der Waals surface area contributed by atoms with E-state index in [1.807, 2.05) is 24.3 Å². The van der Waals surface area contributed by atoms with Gasteiger partial charge >= 0.3 is 0 Å². The van der Waals surface area contributed by atoms with Crippen molar-refractivity contribution in [3.8, 4) is 11.1 Å². The Morgan fingerprint density at radius 3 is 2.47 bits per heavy atom. The van der Waals surface area contributed by atoms with E-state index in [0.29, 0.717) is 23.2 Å². The molecule has 0 spiro atoms. The number of hydrogen-bond donors (Lipinski definition) is 4. The lowest BCUT2D eigenvalue weighted by atomic mass is 9.95. The fraction of sp³-hybridized carbons (Fsp3) is 0.529. The van der Waals surface area contributed by atoms with E-state index >= 15 is 0 Å². The van der Waals surface area contributed by atoms with E-state index in [0.717, 1.165) is 92.7 Å². The molecular weight excluding hydrogens is 558 g/mol. The van der Waals surface area contributed by atoms with Gasteiger partial charge in [0.25, 0.3) is 5.56 Å². The van der Waals surface area contributed by atoms with Crippen LogP contribution in [0.25, 0.3) is 22.0 Å². The normalized spacial score (nSPS) is 21.2. The zero-order valence-electron chi connectivity index (χ0n) is 25.6. The molecule has 5 rings (SSSR count). The van der Waals surface area contributed by atoms with Crippen LogP contribution in [0.4, 0.5) is 0 Å². The first-order valence-electron chi connectivity index (χ1n) is 16.0. The van der Waals surface area contributed by atoms with Crippen LogP contribution in [0, 0.1) is 5.41 Å². The van der Waals surface area contributed by atoms with Gasteiger partial charge in [-0.05, 0) is 93.5 Å². The highest BCUT2D eigenvalue weighted by Gasteiger charge is 2.36. The summed E-state index contributed by atoms with van der Waals surface area (Å²) in [6.45, 7) is 4.47. The highest BCUT2D eigenvalue weighted by atomic mass is 32.2. The molecule has 1 saturated carbocycles. The first kappa shape index (κ1) is 31.4. The van der Waals surface area contributed by atoms with Crippen molar-refractivity contribution in [2.45, 2.75) is 114 Å². The lowest BCUT2D eigenvalue weighted by molar-refractivity contribution is 0.0442. The van der Waals surface area contributed by atoms with E-state index < -0.39 is 10.0 Å². The van der Waals surface area contributed by atoms with Gasteiger partial charge in [0.05, 0.1) is 11.4 Å². The second-order valence-electron chi connectivity index (χ2n) is 12.7. The molecule has 3 atom stereocenters. The first-order valence-corrected chi connectivity index (χ1v) is 17.6. The second kappa shape index (κ2) is 13.7. The van der Waals surface area contributed by atoms with Crippen LogP contribution >= 0.6 is 0 Å². The lowest BCUT2D eigenvalue weighted by Crippen LogP contribution is -2.57. The summed E-state index contributed by atoms with van der Waals surface area (Å²) >= 11 is 0. The minimum Gasteiger partial charge on any atom is -0.384 e. The maximum atomic E-state index is 13.4. The van der Waals surface area contributed by atoms with Crippen molar-refractivity contribution in [1.29, 1.82) is 5.41 Å². The fourth-order valence-electron chi connectivity index (χ4n) is 7.12. The van der Waals surface area contributed by atoms with E-state index in [2.05, 4.69) is 34.5 Å². The summed E-state index contributed by atoms with van der Waals surface area (Å²) in [5.41, 5.74) is 9.27. The van der Waals surface area contributed by atoms with Gasteiger partial charge in [0, 0.05) is 28.7 Å². The van der Waals surface area contributed by atoms with Crippen LogP contribution in [0.15, 0.2) is 53.3 Å². The number of H-pyrrole nitrogens is 1. The van der Waals surface area contributed by atoms with Crippen LogP contribution in [0.2, 0.25) is 0 Å². The Balaban J connectivity index is 1.26. The highest BCUT2D eigenvalue weighted by Crippen LogP contribution is 2.29. The number of amidine groups is 1. The Morgan fingerprint density at radius 1 is 1.00 bits per heavy atom. The number of aromatic amines is 1. The summed E-state index contributed by atoms with van der Waals surface area (Å²) in [6, 6.07) is 16.0. The van der Waals surface area contributed by atoms with Gasteiger partial charge in [-0.1, -0.05) is 62.4 Å². The summed E-state index contributed by atoms with van der Waals surface area (Å²) in [6.07, 6.45) is 11.4. The Morgan fingerprint density at radius 2 is 1.74 bits per heavy atom. The van der Waals surface area contributed by atoms with E-state index in [1.165, 1.54) is 6.42 Å². The summed E-state index contributed by atoms with van der Waals surface area (Å²) in [5, 5.41) is 8.38. The monoisotopic (exact) mass is 605 g/mol. The lowest BCUT2D eigenvalue weighted by Gasteiger charge is -2.44. The van der Waals surface area contributed by atoms with E-state index in [1.54, 1.807) is 18.2 Å². The number of benzene rings is 2. The molecule has 0 amide bonds. The van der Waals surface area contributed by atoms with Crippen LogP contribution in [0.1, 0.15) is 95.6 Å². The number of aryl methyl sites for hydroxylation is 1. The number of rotatable bonds is 11. The average molecular weight is 606 g/mol. The number of pyridine rings is 1. The third-order valence-corrected chi connectivity index (χ3v) is 11.5. The minimum atomic E-state index is -3.37. The summed E-state index contributed by atoms with van der Waals surface area (Å²) in [7, 11) is -3.37. The molecule has 3 aromatic rings. The molecule has 0 bridgehead atoms. The van der Waals surface area contributed by atoms with Crippen LogP contribution < -0.4 is 16.0 Å². The number of nitrogens with two attached hydrogens (primary N) is 1. The zero-order chi connectivity index (χ0) is 30.6. The predicted octanol–water partition coefficient (Wildman–Crippen LogP) is 6.03. The van der Waals surface area contributed by atoms with Gasteiger partial charge in [-0.2, -0.15) is 4.72 Å². The van der Waals surface area contributed by atoms with Gasteiger partial charge in [0.1, 0.15) is 5.84 Å².